The minimum atomic E-state index is -0.740. The van der Waals surface area contributed by atoms with Crippen molar-refractivity contribution in [3.63, 3.8) is 0 Å². The van der Waals surface area contributed by atoms with Gasteiger partial charge >= 0.3 is 0 Å². The normalized spacial score (nSPS) is 23.0. The molecule has 7 nitrogen and oxygen atoms in total. The van der Waals surface area contributed by atoms with E-state index in [1.165, 1.54) is 0 Å². The molecule has 0 radical (unpaired) electrons. The molecule has 2 aliphatic rings. The fraction of sp³-hybridized carbons (Fsp3) is 0.579. The van der Waals surface area contributed by atoms with Crippen LogP contribution >= 0.6 is 0 Å². The summed E-state index contributed by atoms with van der Waals surface area (Å²) in [4.78, 5) is 27.0. The number of hydrogen-bond donors (Lipinski definition) is 2. The molecule has 2 amide bonds. The Hall–Kier alpha value is -2.12. The van der Waals surface area contributed by atoms with E-state index >= 15 is 0 Å². The smallest absolute Gasteiger partial charge is 0.251 e. The van der Waals surface area contributed by atoms with Gasteiger partial charge in [0.2, 0.25) is 5.91 Å². The molecule has 26 heavy (non-hydrogen) atoms. The quantitative estimate of drug-likeness (QED) is 0.674. The molecular weight excluding hydrogens is 336 g/mol. The van der Waals surface area contributed by atoms with E-state index in [4.69, 9.17) is 14.6 Å². The second-order valence-electron chi connectivity index (χ2n) is 6.70. The summed E-state index contributed by atoms with van der Waals surface area (Å²) in [6, 6.07) is 7.17. The van der Waals surface area contributed by atoms with Crippen molar-refractivity contribution in [2.24, 2.45) is 0 Å². The van der Waals surface area contributed by atoms with Crippen molar-refractivity contribution in [2.75, 3.05) is 26.9 Å². The Balaban J connectivity index is 1.80. The highest BCUT2D eigenvalue weighted by Gasteiger charge is 2.47. The van der Waals surface area contributed by atoms with Crippen LogP contribution in [0.15, 0.2) is 24.3 Å². The third-order valence-electron chi connectivity index (χ3n) is 4.80. The van der Waals surface area contributed by atoms with Crippen LogP contribution in [0.4, 0.5) is 0 Å². The van der Waals surface area contributed by atoms with Crippen LogP contribution < -0.4 is 10.1 Å². The number of carbonyl (C=O) groups excluding carboxylic acids is 2. The highest BCUT2D eigenvalue weighted by Crippen LogP contribution is 2.39. The topological polar surface area (TPSA) is 88.1 Å². The van der Waals surface area contributed by atoms with E-state index in [0.29, 0.717) is 19.4 Å². The van der Waals surface area contributed by atoms with Crippen molar-refractivity contribution in [3.8, 4) is 5.75 Å². The van der Waals surface area contributed by atoms with E-state index in [-0.39, 0.29) is 31.1 Å². The van der Waals surface area contributed by atoms with Crippen molar-refractivity contribution in [2.45, 2.75) is 43.9 Å². The SMILES string of the molecule is COc1ccc([C@@H]2[C@@H](C(=O)NCCCCO)OCC(=O)N2C2CC2)cc1. The Bertz CT molecular complexity index is 629. The summed E-state index contributed by atoms with van der Waals surface area (Å²) in [5.74, 6) is 0.430. The highest BCUT2D eigenvalue weighted by atomic mass is 16.5. The molecule has 0 unspecified atom stereocenters. The average molecular weight is 362 g/mol. The maximum atomic E-state index is 12.7. The van der Waals surface area contributed by atoms with Crippen LogP contribution in [-0.4, -0.2) is 60.8 Å². The molecule has 2 N–H and O–H groups in total. The largest absolute Gasteiger partial charge is 0.497 e. The van der Waals surface area contributed by atoms with Crippen LogP contribution in [-0.2, 0) is 14.3 Å². The third-order valence-corrected chi connectivity index (χ3v) is 4.80. The molecule has 0 spiro atoms. The van der Waals surface area contributed by atoms with Gasteiger partial charge in [-0.25, -0.2) is 0 Å². The van der Waals surface area contributed by atoms with Crippen molar-refractivity contribution in [1.29, 1.82) is 0 Å². The van der Waals surface area contributed by atoms with Crippen LogP contribution in [0, 0.1) is 0 Å². The number of ether oxygens (including phenoxy) is 2. The number of carbonyl (C=O) groups is 2. The van der Waals surface area contributed by atoms with Gasteiger partial charge in [0.1, 0.15) is 12.4 Å². The number of aliphatic hydroxyl groups excluding tert-OH is 1. The van der Waals surface area contributed by atoms with Crippen molar-refractivity contribution >= 4 is 11.8 Å². The Kier molecular flexibility index (Phi) is 6.11. The summed E-state index contributed by atoms with van der Waals surface area (Å²) in [6.07, 6.45) is 2.52. The molecule has 7 heteroatoms. The van der Waals surface area contributed by atoms with E-state index in [0.717, 1.165) is 24.2 Å². The standard InChI is InChI=1S/C19H26N2O5/c1-25-15-8-4-13(5-9-15)17-18(19(24)20-10-2-3-11-22)26-12-16(23)21(17)14-6-7-14/h4-5,8-9,14,17-18,22H,2-3,6-7,10-12H2,1H3,(H,20,24)/t17-,18+/m1/s1. The van der Waals surface area contributed by atoms with Gasteiger partial charge in [-0.3, -0.25) is 9.59 Å². The van der Waals surface area contributed by atoms with Crippen LogP contribution in [0.1, 0.15) is 37.3 Å². The van der Waals surface area contributed by atoms with E-state index in [1.54, 1.807) is 7.11 Å². The predicted molar refractivity (Wildman–Crippen MR) is 94.7 cm³/mol. The Labute approximate surface area is 153 Å². The first-order valence-electron chi connectivity index (χ1n) is 9.11. The number of methoxy groups -OCH3 is 1. The molecular formula is C19H26N2O5. The number of hydrogen-bond acceptors (Lipinski definition) is 5. The summed E-state index contributed by atoms with van der Waals surface area (Å²) >= 11 is 0. The Morgan fingerprint density at radius 3 is 2.65 bits per heavy atom. The molecule has 0 bridgehead atoms. The first-order chi connectivity index (χ1) is 12.7. The molecule has 142 valence electrons. The molecule has 1 aromatic rings. The van der Waals surface area contributed by atoms with Crippen molar-refractivity contribution < 1.29 is 24.2 Å². The molecule has 1 saturated carbocycles. The van der Waals surface area contributed by atoms with Gasteiger partial charge < -0.3 is 24.8 Å². The fourth-order valence-corrected chi connectivity index (χ4v) is 3.32. The maximum absolute atomic E-state index is 12.7. The zero-order chi connectivity index (χ0) is 18.5. The molecule has 1 saturated heterocycles. The van der Waals surface area contributed by atoms with Gasteiger partial charge in [-0.05, 0) is 43.4 Å². The monoisotopic (exact) mass is 362 g/mol. The lowest BCUT2D eigenvalue weighted by Gasteiger charge is -2.40. The number of nitrogens with zero attached hydrogens (tertiary/aromatic N) is 1. The summed E-state index contributed by atoms with van der Waals surface area (Å²) < 4.78 is 10.9. The van der Waals surface area contributed by atoms with Gasteiger partial charge in [-0.1, -0.05) is 12.1 Å². The van der Waals surface area contributed by atoms with Crippen molar-refractivity contribution in [3.05, 3.63) is 29.8 Å². The van der Waals surface area contributed by atoms with Crippen LogP contribution in [0.2, 0.25) is 0 Å². The van der Waals surface area contributed by atoms with Gasteiger partial charge in [0.25, 0.3) is 5.91 Å². The Morgan fingerprint density at radius 2 is 2.04 bits per heavy atom. The van der Waals surface area contributed by atoms with Gasteiger partial charge in [-0.15, -0.1) is 0 Å². The molecule has 2 fully saturated rings. The minimum absolute atomic E-state index is 0.0715. The van der Waals surface area contributed by atoms with E-state index in [1.807, 2.05) is 29.2 Å². The lowest BCUT2D eigenvalue weighted by Crippen LogP contribution is -2.55. The second-order valence-corrected chi connectivity index (χ2v) is 6.70. The highest BCUT2D eigenvalue weighted by molar-refractivity contribution is 5.86. The molecule has 1 aliphatic heterocycles. The maximum Gasteiger partial charge on any atom is 0.251 e. The molecule has 1 heterocycles. The number of amides is 2. The second kappa shape index (κ2) is 8.51. The van der Waals surface area contributed by atoms with E-state index in [9.17, 15) is 9.59 Å². The predicted octanol–water partition coefficient (Wildman–Crippen LogP) is 1.01. The number of aliphatic hydroxyl groups is 1. The number of morpholine rings is 1. The van der Waals surface area contributed by atoms with Crippen LogP contribution in [0.25, 0.3) is 0 Å². The number of nitrogens with one attached hydrogen (secondary N) is 1. The molecule has 2 atom stereocenters. The van der Waals surface area contributed by atoms with Gasteiger partial charge in [0.05, 0.1) is 13.2 Å². The minimum Gasteiger partial charge on any atom is -0.497 e. The first kappa shape index (κ1) is 18.7. The fourth-order valence-electron chi connectivity index (χ4n) is 3.32. The van der Waals surface area contributed by atoms with Crippen LogP contribution in [0.3, 0.4) is 0 Å². The van der Waals surface area contributed by atoms with E-state index in [2.05, 4.69) is 5.32 Å². The van der Waals surface area contributed by atoms with Crippen molar-refractivity contribution in [1.82, 2.24) is 10.2 Å². The van der Waals surface area contributed by atoms with Gasteiger partial charge in [0, 0.05) is 19.2 Å². The number of rotatable bonds is 8. The summed E-state index contributed by atoms with van der Waals surface area (Å²) in [5, 5.41) is 11.7. The lowest BCUT2D eigenvalue weighted by molar-refractivity contribution is -0.165. The zero-order valence-electron chi connectivity index (χ0n) is 15.0. The average Bonchev–Trinajstić information content (AvgIpc) is 3.50. The Morgan fingerprint density at radius 1 is 1.31 bits per heavy atom. The zero-order valence-corrected chi connectivity index (χ0v) is 15.0. The molecule has 1 aliphatic carbocycles. The molecule has 1 aromatic carbocycles. The lowest BCUT2D eigenvalue weighted by atomic mass is 9.96. The number of benzene rings is 1. The molecule has 0 aromatic heterocycles. The summed E-state index contributed by atoms with van der Waals surface area (Å²) in [7, 11) is 1.60. The first-order valence-corrected chi connectivity index (χ1v) is 9.11. The van der Waals surface area contributed by atoms with Gasteiger partial charge in [0.15, 0.2) is 6.10 Å². The van der Waals surface area contributed by atoms with Gasteiger partial charge in [-0.2, -0.15) is 0 Å². The summed E-state index contributed by atoms with van der Waals surface area (Å²) in [6.45, 7) is 0.512. The number of unbranched alkanes of at least 4 members (excludes halogenated alkanes) is 1. The summed E-state index contributed by atoms with van der Waals surface area (Å²) in [5.41, 5.74) is 0.862. The van der Waals surface area contributed by atoms with Crippen LogP contribution in [0.5, 0.6) is 5.75 Å². The third kappa shape index (κ3) is 4.16. The molecule has 3 rings (SSSR count). The van der Waals surface area contributed by atoms with E-state index < -0.39 is 12.1 Å².